The van der Waals surface area contributed by atoms with Crippen molar-refractivity contribution >= 4 is 28.4 Å². The SMILES string of the molecule is CN1/C(=C\C(=O)COC(=O)c2cc(=O)c3ccccc3o2)C(C)(C)c2ccccc21. The summed E-state index contributed by atoms with van der Waals surface area (Å²) in [6.45, 7) is 3.65. The van der Waals surface area contributed by atoms with Gasteiger partial charge in [-0.05, 0) is 23.8 Å². The lowest BCUT2D eigenvalue weighted by molar-refractivity contribution is -0.117. The number of rotatable bonds is 4. The maximum absolute atomic E-state index is 12.5. The fourth-order valence-corrected chi connectivity index (χ4v) is 3.87. The fourth-order valence-electron chi connectivity index (χ4n) is 3.87. The van der Waals surface area contributed by atoms with Crippen LogP contribution >= 0.6 is 0 Å². The number of allylic oxidation sites excluding steroid dienone is 1. The lowest BCUT2D eigenvalue weighted by Crippen LogP contribution is -2.25. The monoisotopic (exact) mass is 403 g/mol. The minimum atomic E-state index is -0.855. The van der Waals surface area contributed by atoms with Crippen LogP contribution in [-0.4, -0.2) is 25.4 Å². The summed E-state index contributed by atoms with van der Waals surface area (Å²) in [6.07, 6.45) is 1.50. The van der Waals surface area contributed by atoms with Crippen molar-refractivity contribution < 1.29 is 18.7 Å². The molecule has 2 heterocycles. The maximum Gasteiger partial charge on any atom is 0.374 e. The molecule has 6 heteroatoms. The minimum Gasteiger partial charge on any atom is -0.451 e. The zero-order valence-corrected chi connectivity index (χ0v) is 17.0. The van der Waals surface area contributed by atoms with Gasteiger partial charge >= 0.3 is 5.97 Å². The normalized spacial score (nSPS) is 16.0. The number of esters is 1. The molecule has 1 aromatic heterocycles. The average molecular weight is 403 g/mol. The van der Waals surface area contributed by atoms with Crippen LogP contribution in [0.5, 0.6) is 0 Å². The van der Waals surface area contributed by atoms with Crippen molar-refractivity contribution in [2.75, 3.05) is 18.6 Å². The third kappa shape index (κ3) is 3.30. The number of ketones is 1. The molecule has 30 heavy (non-hydrogen) atoms. The van der Waals surface area contributed by atoms with Gasteiger partial charge in [-0.1, -0.05) is 44.2 Å². The number of nitrogens with zero attached hydrogens (tertiary/aromatic N) is 1. The quantitative estimate of drug-likeness (QED) is 0.487. The summed E-state index contributed by atoms with van der Waals surface area (Å²) in [6, 6.07) is 15.7. The largest absolute Gasteiger partial charge is 0.451 e. The molecule has 0 spiro atoms. The van der Waals surface area contributed by atoms with Crippen LogP contribution in [0, 0.1) is 0 Å². The van der Waals surface area contributed by atoms with Gasteiger partial charge in [0.15, 0.2) is 17.8 Å². The van der Waals surface area contributed by atoms with Crippen molar-refractivity contribution in [3.8, 4) is 0 Å². The molecule has 6 nitrogen and oxygen atoms in total. The highest BCUT2D eigenvalue weighted by Crippen LogP contribution is 2.46. The molecule has 152 valence electrons. The van der Waals surface area contributed by atoms with Crippen molar-refractivity contribution in [3.05, 3.63) is 87.9 Å². The molecule has 1 aliphatic rings. The van der Waals surface area contributed by atoms with Crippen molar-refractivity contribution in [1.29, 1.82) is 0 Å². The first-order valence-electron chi connectivity index (χ1n) is 9.57. The summed E-state index contributed by atoms with van der Waals surface area (Å²) in [7, 11) is 1.91. The molecule has 0 amide bonds. The highest BCUT2D eigenvalue weighted by molar-refractivity contribution is 5.96. The van der Waals surface area contributed by atoms with E-state index < -0.39 is 12.6 Å². The number of hydrogen-bond donors (Lipinski definition) is 0. The van der Waals surface area contributed by atoms with Gasteiger partial charge in [0.2, 0.25) is 5.76 Å². The molecule has 0 atom stereocenters. The first kappa shape index (κ1) is 19.6. The summed E-state index contributed by atoms with van der Waals surface area (Å²) in [5.74, 6) is -1.44. The highest BCUT2D eigenvalue weighted by atomic mass is 16.5. The molecule has 4 rings (SSSR count). The van der Waals surface area contributed by atoms with E-state index in [1.54, 1.807) is 24.3 Å². The molecule has 0 saturated carbocycles. The number of ether oxygens (including phenoxy) is 1. The van der Waals surface area contributed by atoms with Gasteiger partial charge in [-0.25, -0.2) is 4.79 Å². The number of fused-ring (bicyclic) bond motifs is 2. The number of benzene rings is 2. The number of carbonyl (C=O) groups excluding carboxylic acids is 2. The lowest BCUT2D eigenvalue weighted by Gasteiger charge is -2.23. The van der Waals surface area contributed by atoms with Crippen molar-refractivity contribution in [2.45, 2.75) is 19.3 Å². The van der Waals surface area contributed by atoms with E-state index in [-0.39, 0.29) is 28.0 Å². The van der Waals surface area contributed by atoms with Crippen molar-refractivity contribution in [1.82, 2.24) is 0 Å². The number of likely N-dealkylation sites (N-methyl/N-ethyl adjacent to an activating group) is 1. The summed E-state index contributed by atoms with van der Waals surface area (Å²) in [5.41, 5.74) is 2.58. The summed E-state index contributed by atoms with van der Waals surface area (Å²) >= 11 is 0. The topological polar surface area (TPSA) is 76.8 Å². The summed E-state index contributed by atoms with van der Waals surface area (Å²) in [4.78, 5) is 38.9. The summed E-state index contributed by atoms with van der Waals surface area (Å²) < 4.78 is 10.6. The van der Waals surface area contributed by atoms with E-state index in [0.717, 1.165) is 23.0 Å². The Morgan fingerprint density at radius 1 is 1.10 bits per heavy atom. The number of para-hydroxylation sites is 2. The van der Waals surface area contributed by atoms with Gasteiger partial charge in [-0.2, -0.15) is 0 Å². The van der Waals surface area contributed by atoms with Crippen LogP contribution < -0.4 is 10.3 Å². The van der Waals surface area contributed by atoms with E-state index in [2.05, 4.69) is 0 Å². The standard InChI is InChI=1S/C24H21NO5/c1-24(2)17-9-5-6-10-18(17)25(3)22(24)12-15(26)14-29-23(28)21-13-19(27)16-8-4-7-11-20(16)30-21/h4-13H,14H2,1-3H3/b22-12-. The smallest absolute Gasteiger partial charge is 0.374 e. The maximum atomic E-state index is 12.5. The van der Waals surface area contributed by atoms with Crippen LogP contribution in [0.15, 0.2) is 75.6 Å². The number of anilines is 1. The van der Waals surface area contributed by atoms with E-state index in [1.165, 1.54) is 6.08 Å². The van der Waals surface area contributed by atoms with E-state index in [0.29, 0.717) is 5.39 Å². The Bertz CT molecular complexity index is 1250. The Morgan fingerprint density at radius 3 is 2.57 bits per heavy atom. The third-order valence-corrected chi connectivity index (χ3v) is 5.42. The molecule has 1 aliphatic heterocycles. The van der Waals surface area contributed by atoms with Crippen LogP contribution in [0.25, 0.3) is 11.0 Å². The van der Waals surface area contributed by atoms with E-state index in [1.807, 2.05) is 50.1 Å². The predicted octanol–water partition coefficient (Wildman–Crippen LogP) is 3.83. The van der Waals surface area contributed by atoms with Crippen molar-refractivity contribution in [3.63, 3.8) is 0 Å². The molecule has 0 aliphatic carbocycles. The molecule has 0 bridgehead atoms. The zero-order valence-electron chi connectivity index (χ0n) is 17.0. The van der Waals surface area contributed by atoms with Gasteiger partial charge in [0.25, 0.3) is 0 Å². The number of carbonyl (C=O) groups is 2. The molecule has 2 aromatic carbocycles. The Labute approximate surface area is 173 Å². The van der Waals surface area contributed by atoms with E-state index in [4.69, 9.17) is 9.15 Å². The molecule has 3 aromatic rings. The Balaban J connectivity index is 1.50. The second kappa shape index (κ2) is 7.30. The van der Waals surface area contributed by atoms with E-state index >= 15 is 0 Å². The van der Waals surface area contributed by atoms with Crippen LogP contribution in [0.1, 0.15) is 30.0 Å². The molecular weight excluding hydrogens is 382 g/mol. The van der Waals surface area contributed by atoms with Gasteiger partial charge < -0.3 is 14.1 Å². The zero-order chi connectivity index (χ0) is 21.5. The Kier molecular flexibility index (Phi) is 4.78. The van der Waals surface area contributed by atoms with Crippen LogP contribution in [0.3, 0.4) is 0 Å². The third-order valence-electron chi connectivity index (χ3n) is 5.42. The second-order valence-electron chi connectivity index (χ2n) is 7.74. The second-order valence-corrected chi connectivity index (χ2v) is 7.74. The number of hydrogen-bond acceptors (Lipinski definition) is 6. The van der Waals surface area contributed by atoms with Gasteiger partial charge in [-0.15, -0.1) is 0 Å². The Hall–Kier alpha value is -3.67. The lowest BCUT2D eigenvalue weighted by atomic mass is 9.83. The Morgan fingerprint density at radius 2 is 1.80 bits per heavy atom. The molecule has 0 N–H and O–H groups in total. The average Bonchev–Trinajstić information content (AvgIpc) is 2.93. The molecule has 0 saturated heterocycles. The first-order chi connectivity index (χ1) is 14.3. The summed E-state index contributed by atoms with van der Waals surface area (Å²) in [5, 5.41) is 0.376. The van der Waals surface area contributed by atoms with E-state index in [9.17, 15) is 14.4 Å². The van der Waals surface area contributed by atoms with Crippen LogP contribution in [0.4, 0.5) is 5.69 Å². The molecular formula is C24H21NO5. The fraction of sp³-hybridized carbons (Fsp3) is 0.208. The molecule has 0 unspecified atom stereocenters. The van der Waals surface area contributed by atoms with Crippen LogP contribution in [0.2, 0.25) is 0 Å². The van der Waals surface area contributed by atoms with Gasteiger partial charge in [0.1, 0.15) is 5.58 Å². The first-order valence-corrected chi connectivity index (χ1v) is 9.57. The molecule has 0 radical (unpaired) electrons. The predicted molar refractivity (Wildman–Crippen MR) is 114 cm³/mol. The van der Waals surface area contributed by atoms with Gasteiger partial charge in [0.05, 0.1) is 5.39 Å². The van der Waals surface area contributed by atoms with Gasteiger partial charge in [-0.3, -0.25) is 9.59 Å². The van der Waals surface area contributed by atoms with Gasteiger partial charge in [0, 0.05) is 36.0 Å². The highest BCUT2D eigenvalue weighted by Gasteiger charge is 2.38. The molecule has 0 fully saturated rings. The van der Waals surface area contributed by atoms with Crippen molar-refractivity contribution in [2.24, 2.45) is 0 Å². The van der Waals surface area contributed by atoms with Crippen LogP contribution in [-0.2, 0) is 14.9 Å². The minimum absolute atomic E-state index is 0.232.